The molecule has 1 aliphatic heterocycles. The summed E-state index contributed by atoms with van der Waals surface area (Å²) in [6.07, 6.45) is -5.49. The summed E-state index contributed by atoms with van der Waals surface area (Å²) in [5, 5.41) is 4.36. The Morgan fingerprint density at radius 2 is 1.31 bits per heavy atom. The molecular weight excluding hydrogens is 489 g/mol. The van der Waals surface area contributed by atoms with Crippen molar-refractivity contribution in [1.29, 1.82) is 0 Å². The monoisotopic (exact) mass is 508 g/mol. The fourth-order valence-electron chi connectivity index (χ4n) is 3.59. The van der Waals surface area contributed by atoms with Gasteiger partial charge in [-0.1, -0.05) is 24.3 Å². The summed E-state index contributed by atoms with van der Waals surface area (Å²) < 4.78 is 97.0. The van der Waals surface area contributed by atoms with Gasteiger partial charge in [-0.15, -0.1) is 0 Å². The number of ether oxygens (including phenoxy) is 2. The predicted octanol–water partition coefficient (Wildman–Crippen LogP) is 4.55. The maximum absolute atomic E-state index is 12.9. The molecule has 35 heavy (non-hydrogen) atoms. The van der Waals surface area contributed by atoms with Crippen LogP contribution in [-0.2, 0) is 9.59 Å². The molecular formula is C22H19F7N2O4. The number of rotatable bonds is 8. The number of amides is 2. The highest BCUT2D eigenvalue weighted by Gasteiger charge is 2.46. The van der Waals surface area contributed by atoms with E-state index in [4.69, 9.17) is 0 Å². The van der Waals surface area contributed by atoms with Crippen molar-refractivity contribution in [1.82, 2.24) is 10.6 Å². The van der Waals surface area contributed by atoms with Crippen LogP contribution >= 0.6 is 0 Å². The van der Waals surface area contributed by atoms with Crippen LogP contribution in [0.15, 0.2) is 48.5 Å². The molecule has 3 rings (SSSR count). The van der Waals surface area contributed by atoms with E-state index in [1.807, 2.05) is 0 Å². The molecule has 2 unspecified atom stereocenters. The molecule has 1 saturated heterocycles. The Morgan fingerprint density at radius 3 is 1.69 bits per heavy atom. The summed E-state index contributed by atoms with van der Waals surface area (Å²) in [5.74, 6) is -3.69. The van der Waals surface area contributed by atoms with Crippen LogP contribution in [0.3, 0.4) is 0 Å². The molecule has 1 heterocycles. The summed E-state index contributed by atoms with van der Waals surface area (Å²) >= 11 is 0. The fraction of sp³-hybridized carbons (Fsp3) is 0.364. The van der Waals surface area contributed by atoms with E-state index >= 15 is 0 Å². The van der Waals surface area contributed by atoms with Gasteiger partial charge in [-0.3, -0.25) is 9.59 Å². The third-order valence-electron chi connectivity index (χ3n) is 5.25. The second-order valence-corrected chi connectivity index (χ2v) is 7.57. The number of halogens is 7. The Balaban J connectivity index is 1.83. The molecule has 0 bridgehead atoms. The average molecular weight is 508 g/mol. The molecule has 0 aromatic heterocycles. The molecule has 0 radical (unpaired) electrons. The van der Waals surface area contributed by atoms with Crippen molar-refractivity contribution >= 4 is 11.8 Å². The minimum Gasteiger partial charge on any atom is -0.435 e. The van der Waals surface area contributed by atoms with Gasteiger partial charge in [0.15, 0.2) is 0 Å². The zero-order valence-electron chi connectivity index (χ0n) is 17.7. The van der Waals surface area contributed by atoms with Crippen molar-refractivity contribution in [3.63, 3.8) is 0 Å². The van der Waals surface area contributed by atoms with Crippen molar-refractivity contribution in [2.24, 2.45) is 5.92 Å². The molecule has 0 saturated carbocycles. The van der Waals surface area contributed by atoms with Crippen LogP contribution in [-0.4, -0.2) is 37.3 Å². The first-order chi connectivity index (χ1) is 16.4. The smallest absolute Gasteiger partial charge is 0.408 e. The number of carbonyl (C=O) groups is 2. The minimum atomic E-state index is -4.65. The number of nitrogens with one attached hydrogen (secondary N) is 2. The maximum Gasteiger partial charge on any atom is 0.408 e. The number of piperidine rings is 1. The second kappa shape index (κ2) is 10.8. The van der Waals surface area contributed by atoms with Gasteiger partial charge >= 0.3 is 19.4 Å². The van der Waals surface area contributed by atoms with E-state index in [9.17, 15) is 40.3 Å². The first-order valence-electron chi connectivity index (χ1n) is 10.2. The maximum atomic E-state index is 12.9. The SMILES string of the molecule is O=C(NC(c1ccc(OC(F)F)cc1)c1ccc(OC(F)F)cc1)C1CCC(C(F)(F)F)NC1=O. The summed E-state index contributed by atoms with van der Waals surface area (Å²) in [4.78, 5) is 25.0. The van der Waals surface area contributed by atoms with Crippen molar-refractivity contribution in [2.75, 3.05) is 0 Å². The molecule has 2 amide bonds. The van der Waals surface area contributed by atoms with E-state index in [1.54, 1.807) is 5.32 Å². The Kier molecular flexibility index (Phi) is 8.07. The minimum absolute atomic E-state index is 0.167. The van der Waals surface area contributed by atoms with Gasteiger partial charge in [-0.2, -0.15) is 30.7 Å². The van der Waals surface area contributed by atoms with Crippen LogP contribution < -0.4 is 20.1 Å². The summed E-state index contributed by atoms with van der Waals surface area (Å²) in [7, 11) is 0. The highest BCUT2D eigenvalue weighted by atomic mass is 19.4. The third kappa shape index (κ3) is 6.99. The number of carbonyl (C=O) groups excluding carboxylic acids is 2. The van der Waals surface area contributed by atoms with Crippen molar-refractivity contribution < 1.29 is 49.8 Å². The van der Waals surface area contributed by atoms with Gasteiger partial charge in [-0.25, -0.2) is 0 Å². The lowest BCUT2D eigenvalue weighted by atomic mass is 9.91. The molecule has 6 nitrogen and oxygen atoms in total. The van der Waals surface area contributed by atoms with Gasteiger partial charge in [0.1, 0.15) is 23.5 Å². The number of hydrogen-bond donors (Lipinski definition) is 2. The van der Waals surface area contributed by atoms with Gasteiger partial charge in [0.2, 0.25) is 11.8 Å². The fourth-order valence-corrected chi connectivity index (χ4v) is 3.59. The van der Waals surface area contributed by atoms with Crippen molar-refractivity contribution in [2.45, 2.75) is 44.3 Å². The molecule has 0 spiro atoms. The number of alkyl halides is 7. The summed E-state index contributed by atoms with van der Waals surface area (Å²) in [5.41, 5.74) is 0.679. The predicted molar refractivity (Wildman–Crippen MR) is 107 cm³/mol. The third-order valence-corrected chi connectivity index (χ3v) is 5.25. The number of benzene rings is 2. The average Bonchev–Trinajstić information content (AvgIpc) is 2.77. The molecule has 190 valence electrons. The molecule has 2 aromatic carbocycles. The molecule has 2 atom stereocenters. The normalized spacial score (nSPS) is 18.5. The van der Waals surface area contributed by atoms with Gasteiger partial charge in [0.05, 0.1) is 6.04 Å². The lowest BCUT2D eigenvalue weighted by Gasteiger charge is -2.31. The van der Waals surface area contributed by atoms with E-state index in [2.05, 4.69) is 14.8 Å². The Morgan fingerprint density at radius 1 is 0.857 bits per heavy atom. The molecule has 0 aliphatic carbocycles. The van der Waals surface area contributed by atoms with E-state index < -0.39 is 55.6 Å². The first kappa shape index (κ1) is 26.1. The van der Waals surface area contributed by atoms with E-state index in [0.717, 1.165) is 0 Å². The molecule has 2 N–H and O–H groups in total. The van der Waals surface area contributed by atoms with Gasteiger partial charge in [0, 0.05) is 0 Å². The van der Waals surface area contributed by atoms with Gasteiger partial charge in [0.25, 0.3) is 0 Å². The van der Waals surface area contributed by atoms with E-state index in [-0.39, 0.29) is 17.9 Å². The number of hydrogen-bond acceptors (Lipinski definition) is 4. The quantitative estimate of drug-likeness (QED) is 0.405. The molecule has 1 fully saturated rings. The first-order valence-corrected chi connectivity index (χ1v) is 10.2. The Hall–Kier alpha value is -3.51. The van der Waals surface area contributed by atoms with Crippen LogP contribution in [0, 0.1) is 5.92 Å². The van der Waals surface area contributed by atoms with Gasteiger partial charge < -0.3 is 20.1 Å². The highest BCUT2D eigenvalue weighted by molar-refractivity contribution is 6.01. The standard InChI is InChI=1S/C22H19F7N2O4/c23-20(24)34-13-5-1-11(2-6-13)17(12-3-7-14(8-4-12)35-21(25)26)31-19(33)15-9-10-16(22(27,28)29)30-18(15)32/h1-8,15-17,20-21H,9-10H2,(H,30,32)(H,31,33). The Labute approximate surface area is 194 Å². The summed E-state index contributed by atoms with van der Waals surface area (Å²) in [6.45, 7) is -6.13. The van der Waals surface area contributed by atoms with Crippen LogP contribution in [0.2, 0.25) is 0 Å². The van der Waals surface area contributed by atoms with Crippen LogP contribution in [0.1, 0.15) is 30.0 Å². The largest absolute Gasteiger partial charge is 0.435 e. The Bertz CT molecular complexity index is 960. The lowest BCUT2D eigenvalue weighted by molar-refractivity contribution is -0.171. The van der Waals surface area contributed by atoms with Crippen LogP contribution in [0.25, 0.3) is 0 Å². The van der Waals surface area contributed by atoms with E-state index in [1.165, 1.54) is 48.5 Å². The zero-order chi connectivity index (χ0) is 25.8. The molecule has 1 aliphatic rings. The van der Waals surface area contributed by atoms with E-state index in [0.29, 0.717) is 11.1 Å². The molecule has 13 heteroatoms. The zero-order valence-corrected chi connectivity index (χ0v) is 17.7. The molecule has 2 aromatic rings. The van der Waals surface area contributed by atoms with Crippen LogP contribution in [0.5, 0.6) is 11.5 Å². The topological polar surface area (TPSA) is 76.7 Å². The lowest BCUT2D eigenvalue weighted by Crippen LogP contribution is -2.54. The van der Waals surface area contributed by atoms with Crippen molar-refractivity contribution in [3.8, 4) is 11.5 Å². The second-order valence-electron chi connectivity index (χ2n) is 7.57. The van der Waals surface area contributed by atoms with Gasteiger partial charge in [-0.05, 0) is 48.2 Å². The summed E-state index contributed by atoms with van der Waals surface area (Å²) in [6, 6.07) is 7.18. The van der Waals surface area contributed by atoms with Crippen molar-refractivity contribution in [3.05, 3.63) is 59.7 Å². The highest BCUT2D eigenvalue weighted by Crippen LogP contribution is 2.31. The van der Waals surface area contributed by atoms with Crippen LogP contribution in [0.4, 0.5) is 30.7 Å².